The van der Waals surface area contributed by atoms with Crippen molar-refractivity contribution in [3.63, 3.8) is 0 Å². The van der Waals surface area contributed by atoms with E-state index in [1.54, 1.807) is 18.2 Å². The number of fused-ring (bicyclic) bond motifs is 1. The van der Waals surface area contributed by atoms with E-state index in [4.69, 9.17) is 5.73 Å². The van der Waals surface area contributed by atoms with Crippen LogP contribution >= 0.6 is 0 Å². The number of anilines is 1. The highest BCUT2D eigenvalue weighted by Crippen LogP contribution is 2.32. The van der Waals surface area contributed by atoms with Crippen LogP contribution < -0.4 is 16.4 Å². The van der Waals surface area contributed by atoms with Gasteiger partial charge in [-0.2, -0.15) is 0 Å². The molecule has 0 radical (unpaired) electrons. The first-order chi connectivity index (χ1) is 16.9. The Kier molecular flexibility index (Phi) is 6.86. The molecule has 1 aromatic rings. The van der Waals surface area contributed by atoms with Crippen molar-refractivity contribution in [1.29, 1.82) is 0 Å². The van der Waals surface area contributed by atoms with E-state index in [-0.39, 0.29) is 18.7 Å². The first-order valence-electron chi connectivity index (χ1n) is 12.7. The molecule has 3 fully saturated rings. The molecule has 5 rings (SSSR count). The average molecular weight is 483 g/mol. The highest BCUT2D eigenvalue weighted by molar-refractivity contribution is 6.25. The van der Waals surface area contributed by atoms with Crippen molar-refractivity contribution in [2.24, 2.45) is 5.73 Å². The molecule has 2 saturated heterocycles. The van der Waals surface area contributed by atoms with Gasteiger partial charge in [0.05, 0.1) is 11.1 Å². The summed E-state index contributed by atoms with van der Waals surface area (Å²) in [6, 6.07) is 5.24. The predicted molar refractivity (Wildman–Crippen MR) is 130 cm³/mol. The van der Waals surface area contributed by atoms with Crippen LogP contribution in [0.5, 0.6) is 0 Å². The van der Waals surface area contributed by atoms with Gasteiger partial charge in [-0.05, 0) is 44.2 Å². The molecule has 4 aliphatic rings. The minimum absolute atomic E-state index is 0.108. The summed E-state index contributed by atoms with van der Waals surface area (Å²) in [5, 5.41) is 5.57. The van der Waals surface area contributed by atoms with Crippen LogP contribution in [0.3, 0.4) is 0 Å². The van der Waals surface area contributed by atoms with Gasteiger partial charge in [0.25, 0.3) is 11.8 Å². The molecule has 35 heavy (non-hydrogen) atoms. The lowest BCUT2D eigenvalue weighted by atomic mass is 9.90. The number of amides is 4. The molecule has 10 nitrogen and oxygen atoms in total. The van der Waals surface area contributed by atoms with Gasteiger partial charge in [-0.3, -0.25) is 39.2 Å². The normalized spacial score (nSPS) is 28.3. The average Bonchev–Trinajstić information content (AvgIpc) is 3.11. The number of nitrogens with zero attached hydrogens (tertiary/aromatic N) is 3. The van der Waals surface area contributed by atoms with Crippen LogP contribution in [0.4, 0.5) is 5.69 Å². The van der Waals surface area contributed by atoms with Crippen molar-refractivity contribution in [2.75, 3.05) is 44.6 Å². The number of piperazine rings is 1. The van der Waals surface area contributed by atoms with E-state index in [0.717, 1.165) is 50.5 Å². The third-order valence-electron chi connectivity index (χ3n) is 7.88. The van der Waals surface area contributed by atoms with Gasteiger partial charge in [0, 0.05) is 63.5 Å². The molecule has 1 unspecified atom stereocenters. The number of nitrogens with two attached hydrogens (primary N) is 1. The summed E-state index contributed by atoms with van der Waals surface area (Å²) < 4.78 is 0. The lowest BCUT2D eigenvalue weighted by Gasteiger charge is -2.41. The first-order valence-corrected chi connectivity index (χ1v) is 12.7. The van der Waals surface area contributed by atoms with Gasteiger partial charge in [0.1, 0.15) is 6.04 Å². The topological polar surface area (TPSA) is 128 Å². The molecule has 4 amide bonds. The Balaban J connectivity index is 1.16. The second-order valence-corrected chi connectivity index (χ2v) is 10.0. The molecular weight excluding hydrogens is 448 g/mol. The van der Waals surface area contributed by atoms with Crippen molar-refractivity contribution < 1.29 is 19.2 Å². The van der Waals surface area contributed by atoms with Gasteiger partial charge in [-0.15, -0.1) is 0 Å². The fourth-order valence-electron chi connectivity index (χ4n) is 5.83. The molecule has 1 saturated carbocycles. The molecule has 0 aromatic heterocycles. The zero-order valence-corrected chi connectivity index (χ0v) is 20.0. The van der Waals surface area contributed by atoms with Gasteiger partial charge in [-0.1, -0.05) is 6.07 Å². The van der Waals surface area contributed by atoms with Crippen LogP contribution in [0.1, 0.15) is 59.2 Å². The third kappa shape index (κ3) is 4.82. The van der Waals surface area contributed by atoms with Crippen molar-refractivity contribution in [1.82, 2.24) is 20.0 Å². The molecule has 3 heterocycles. The maximum Gasteiger partial charge on any atom is 0.264 e. The molecule has 1 aromatic carbocycles. The molecule has 0 bridgehead atoms. The van der Waals surface area contributed by atoms with Gasteiger partial charge in [0.2, 0.25) is 11.8 Å². The van der Waals surface area contributed by atoms with E-state index < -0.39 is 23.8 Å². The van der Waals surface area contributed by atoms with Crippen LogP contribution in [0.25, 0.3) is 0 Å². The van der Waals surface area contributed by atoms with Crippen molar-refractivity contribution in [3.05, 3.63) is 29.3 Å². The number of hydrogen-bond acceptors (Lipinski definition) is 8. The predicted octanol–water partition coefficient (Wildman–Crippen LogP) is 0.387. The quantitative estimate of drug-likeness (QED) is 0.497. The summed E-state index contributed by atoms with van der Waals surface area (Å²) >= 11 is 0. The highest BCUT2D eigenvalue weighted by atomic mass is 16.2. The summed E-state index contributed by atoms with van der Waals surface area (Å²) in [5.41, 5.74) is 7.26. The number of rotatable bonds is 6. The third-order valence-corrected chi connectivity index (χ3v) is 7.88. The summed E-state index contributed by atoms with van der Waals surface area (Å²) in [5.74, 6) is -1.94. The molecule has 0 spiro atoms. The monoisotopic (exact) mass is 482 g/mol. The van der Waals surface area contributed by atoms with E-state index in [1.165, 1.54) is 12.8 Å². The first kappa shape index (κ1) is 23.9. The van der Waals surface area contributed by atoms with Crippen molar-refractivity contribution in [3.8, 4) is 0 Å². The summed E-state index contributed by atoms with van der Waals surface area (Å²) in [6.45, 7) is 5.64. The second-order valence-electron chi connectivity index (χ2n) is 10.0. The molecule has 4 N–H and O–H groups in total. The number of piperidine rings is 1. The maximum absolute atomic E-state index is 13.2. The van der Waals surface area contributed by atoms with Crippen molar-refractivity contribution >= 4 is 29.3 Å². The second kappa shape index (κ2) is 10.0. The fraction of sp³-hybridized carbons (Fsp3) is 0.600. The maximum atomic E-state index is 13.2. The number of hydrogen-bond donors (Lipinski definition) is 3. The molecule has 3 aliphatic heterocycles. The van der Waals surface area contributed by atoms with Crippen LogP contribution in [0.2, 0.25) is 0 Å². The largest absolute Gasteiger partial charge is 0.383 e. The van der Waals surface area contributed by atoms with E-state index >= 15 is 0 Å². The van der Waals surface area contributed by atoms with Crippen LogP contribution in [0.15, 0.2) is 18.2 Å². The summed E-state index contributed by atoms with van der Waals surface area (Å²) in [4.78, 5) is 56.0. The minimum atomic E-state index is -0.954. The summed E-state index contributed by atoms with van der Waals surface area (Å²) in [7, 11) is 0. The molecule has 1 aliphatic carbocycles. The van der Waals surface area contributed by atoms with E-state index in [0.29, 0.717) is 35.4 Å². The standard InChI is InChI=1S/C25H34N6O4/c26-16-4-6-17(7-5-16)30-14-12-29(13-15-30)11-10-27-19-3-1-2-18-22(19)25(35)31(24(18)34)20-8-9-21(32)28-23(20)33/h1-3,16-17,20,27H,4-15,26H2,(H,28,32,33). The lowest BCUT2D eigenvalue weighted by molar-refractivity contribution is -0.136. The molecule has 10 heteroatoms. The van der Waals surface area contributed by atoms with Crippen LogP contribution in [-0.4, -0.2) is 95.7 Å². The zero-order valence-electron chi connectivity index (χ0n) is 20.0. The molecule has 188 valence electrons. The van der Waals surface area contributed by atoms with E-state index in [2.05, 4.69) is 20.4 Å². The number of nitrogens with one attached hydrogen (secondary N) is 2. The van der Waals surface area contributed by atoms with E-state index in [9.17, 15) is 19.2 Å². The summed E-state index contributed by atoms with van der Waals surface area (Å²) in [6.07, 6.45) is 4.90. The number of benzene rings is 1. The number of carbonyl (C=O) groups excluding carboxylic acids is 4. The Labute approximate surface area is 205 Å². The van der Waals surface area contributed by atoms with Crippen molar-refractivity contribution in [2.45, 2.75) is 56.7 Å². The molecule has 1 atom stereocenters. The Morgan fingerprint density at radius 3 is 2.40 bits per heavy atom. The number of imide groups is 2. The van der Waals surface area contributed by atoms with Crippen LogP contribution in [0, 0.1) is 0 Å². The Bertz CT molecular complexity index is 1010. The highest BCUT2D eigenvalue weighted by Gasteiger charge is 2.45. The Morgan fingerprint density at radius 1 is 0.943 bits per heavy atom. The SMILES string of the molecule is NC1CCC(N2CCN(CCNc3cccc4c3C(=O)N(C3CCC(=O)NC3=O)C4=O)CC2)CC1. The van der Waals surface area contributed by atoms with Crippen LogP contribution in [-0.2, 0) is 9.59 Å². The van der Waals surface area contributed by atoms with E-state index in [1.807, 2.05) is 0 Å². The zero-order chi connectivity index (χ0) is 24.5. The Morgan fingerprint density at radius 2 is 1.69 bits per heavy atom. The van der Waals surface area contributed by atoms with Gasteiger partial charge in [0.15, 0.2) is 0 Å². The minimum Gasteiger partial charge on any atom is -0.383 e. The van der Waals surface area contributed by atoms with Gasteiger partial charge >= 0.3 is 0 Å². The Hall–Kier alpha value is -2.82. The smallest absolute Gasteiger partial charge is 0.264 e. The number of carbonyl (C=O) groups is 4. The van der Waals surface area contributed by atoms with Gasteiger partial charge in [-0.25, -0.2) is 0 Å². The lowest BCUT2D eigenvalue weighted by Crippen LogP contribution is -2.54. The van der Waals surface area contributed by atoms with Gasteiger partial charge < -0.3 is 11.1 Å². The molecular formula is C25H34N6O4. The fourth-order valence-corrected chi connectivity index (χ4v) is 5.83.